The summed E-state index contributed by atoms with van der Waals surface area (Å²) in [5.41, 5.74) is 4.20. The normalized spacial score (nSPS) is 20.4. The van der Waals surface area contributed by atoms with E-state index in [4.69, 9.17) is 12.2 Å². The van der Waals surface area contributed by atoms with Crippen LogP contribution in [-0.4, -0.2) is 33.6 Å². The smallest absolute Gasteiger partial charge is 0.285 e. The lowest BCUT2D eigenvalue weighted by molar-refractivity contribution is -0.135. The second-order valence-electron chi connectivity index (χ2n) is 6.79. The van der Waals surface area contributed by atoms with Gasteiger partial charge in [-0.25, -0.2) is 0 Å². The van der Waals surface area contributed by atoms with Crippen molar-refractivity contribution in [3.05, 3.63) is 69.5 Å². The summed E-state index contributed by atoms with van der Waals surface area (Å²) in [5, 5.41) is 1.09. The van der Waals surface area contributed by atoms with Crippen LogP contribution in [0.1, 0.15) is 12.0 Å². The standard InChI is InChI=1S/C21H16BrN3O3S2/c22-15-8-6-13(7-9-15)10-17-20(28)25(21(29)30-17)23-19(27)14-11-18(26)24(12-14)16-4-2-1-3-5-16/h1-10,14H,11-12H2,(H,23,27)/b17-10-. The fourth-order valence-corrected chi connectivity index (χ4v) is 4.66. The number of hydrogen-bond acceptors (Lipinski definition) is 5. The predicted molar refractivity (Wildman–Crippen MR) is 124 cm³/mol. The van der Waals surface area contributed by atoms with E-state index in [0.717, 1.165) is 32.5 Å². The van der Waals surface area contributed by atoms with Gasteiger partial charge in [0.1, 0.15) is 0 Å². The van der Waals surface area contributed by atoms with Gasteiger partial charge in [-0.05, 0) is 48.1 Å². The van der Waals surface area contributed by atoms with Crippen molar-refractivity contribution >= 4 is 73.7 Å². The minimum absolute atomic E-state index is 0.0876. The summed E-state index contributed by atoms with van der Waals surface area (Å²) in [7, 11) is 0. The minimum atomic E-state index is -0.558. The van der Waals surface area contributed by atoms with Crippen molar-refractivity contribution in [2.45, 2.75) is 6.42 Å². The Hall–Kier alpha value is -2.49. The molecular weight excluding hydrogens is 486 g/mol. The summed E-state index contributed by atoms with van der Waals surface area (Å²) in [6.45, 7) is 0.262. The van der Waals surface area contributed by atoms with Crippen molar-refractivity contribution in [1.29, 1.82) is 0 Å². The van der Waals surface area contributed by atoms with Gasteiger partial charge >= 0.3 is 0 Å². The highest BCUT2D eigenvalue weighted by atomic mass is 79.9. The number of para-hydroxylation sites is 1. The van der Waals surface area contributed by atoms with E-state index in [1.807, 2.05) is 54.6 Å². The largest absolute Gasteiger partial charge is 0.312 e. The molecule has 4 rings (SSSR count). The van der Waals surface area contributed by atoms with E-state index in [-0.39, 0.29) is 29.1 Å². The van der Waals surface area contributed by atoms with Gasteiger partial charge < -0.3 is 4.90 Å². The lowest BCUT2D eigenvalue weighted by Crippen LogP contribution is -2.47. The Kier molecular flexibility index (Phi) is 6.03. The Morgan fingerprint density at radius 3 is 2.53 bits per heavy atom. The third-order valence-corrected chi connectivity index (χ3v) is 6.58. The van der Waals surface area contributed by atoms with Crippen LogP contribution in [0.5, 0.6) is 0 Å². The molecule has 2 aromatic rings. The van der Waals surface area contributed by atoms with Gasteiger partial charge in [-0.3, -0.25) is 19.8 Å². The molecule has 0 aliphatic carbocycles. The highest BCUT2D eigenvalue weighted by Crippen LogP contribution is 2.32. The van der Waals surface area contributed by atoms with Gasteiger partial charge in [-0.15, -0.1) is 0 Å². The Bertz CT molecular complexity index is 1060. The number of hydrazine groups is 1. The van der Waals surface area contributed by atoms with Crippen molar-refractivity contribution in [2.24, 2.45) is 5.92 Å². The Morgan fingerprint density at radius 2 is 1.83 bits per heavy atom. The summed E-state index contributed by atoms with van der Waals surface area (Å²) in [6, 6.07) is 16.7. The highest BCUT2D eigenvalue weighted by Gasteiger charge is 2.39. The van der Waals surface area contributed by atoms with Crippen LogP contribution in [0.3, 0.4) is 0 Å². The van der Waals surface area contributed by atoms with E-state index in [1.165, 1.54) is 0 Å². The van der Waals surface area contributed by atoms with E-state index in [2.05, 4.69) is 21.4 Å². The number of anilines is 1. The Morgan fingerprint density at radius 1 is 1.13 bits per heavy atom. The summed E-state index contributed by atoms with van der Waals surface area (Å²) >= 11 is 9.78. The van der Waals surface area contributed by atoms with Gasteiger partial charge in [-0.1, -0.05) is 58.0 Å². The van der Waals surface area contributed by atoms with E-state index in [0.29, 0.717) is 4.91 Å². The molecule has 2 fully saturated rings. The van der Waals surface area contributed by atoms with Gasteiger partial charge in [0.25, 0.3) is 5.91 Å². The third kappa shape index (κ3) is 4.33. The summed E-state index contributed by atoms with van der Waals surface area (Å²) in [6.07, 6.45) is 1.82. The maximum absolute atomic E-state index is 12.7. The molecular formula is C21H16BrN3O3S2. The lowest BCUT2D eigenvalue weighted by Gasteiger charge is -2.19. The average Bonchev–Trinajstić information content (AvgIpc) is 3.25. The first-order valence-electron chi connectivity index (χ1n) is 9.12. The number of hydrogen-bond donors (Lipinski definition) is 1. The zero-order valence-electron chi connectivity index (χ0n) is 15.6. The third-order valence-electron chi connectivity index (χ3n) is 4.75. The number of carbonyl (C=O) groups is 3. The van der Waals surface area contributed by atoms with Crippen molar-refractivity contribution in [3.8, 4) is 0 Å². The first-order chi connectivity index (χ1) is 14.4. The second-order valence-corrected chi connectivity index (χ2v) is 9.38. The fraction of sp³-hybridized carbons (Fsp3) is 0.143. The number of nitrogens with zero attached hydrogens (tertiary/aromatic N) is 2. The molecule has 0 aromatic heterocycles. The minimum Gasteiger partial charge on any atom is -0.312 e. The van der Waals surface area contributed by atoms with Gasteiger partial charge in [0, 0.05) is 23.1 Å². The Balaban J connectivity index is 1.43. The first-order valence-corrected chi connectivity index (χ1v) is 11.1. The molecule has 2 aromatic carbocycles. The van der Waals surface area contributed by atoms with Crippen molar-refractivity contribution in [3.63, 3.8) is 0 Å². The number of thioether (sulfide) groups is 1. The van der Waals surface area contributed by atoms with Gasteiger partial charge in [0.05, 0.1) is 10.8 Å². The fourth-order valence-electron chi connectivity index (χ4n) is 3.22. The molecule has 3 amide bonds. The molecule has 9 heteroatoms. The van der Waals surface area contributed by atoms with Crippen LogP contribution in [0.4, 0.5) is 5.69 Å². The molecule has 0 bridgehead atoms. The van der Waals surface area contributed by atoms with Gasteiger partial charge in [0.2, 0.25) is 11.8 Å². The maximum atomic E-state index is 12.7. The molecule has 6 nitrogen and oxygen atoms in total. The molecule has 2 aliphatic heterocycles. The maximum Gasteiger partial charge on any atom is 0.285 e. The van der Waals surface area contributed by atoms with E-state index < -0.39 is 11.8 Å². The van der Waals surface area contributed by atoms with Gasteiger partial charge in [-0.2, -0.15) is 5.01 Å². The molecule has 2 aliphatic rings. The zero-order chi connectivity index (χ0) is 21.3. The van der Waals surface area contributed by atoms with Crippen LogP contribution in [-0.2, 0) is 14.4 Å². The summed E-state index contributed by atoms with van der Waals surface area (Å²) < 4.78 is 1.19. The number of nitrogens with one attached hydrogen (secondary N) is 1. The SMILES string of the molecule is O=C(NN1C(=O)/C(=C/c2ccc(Br)cc2)SC1=S)C1CC(=O)N(c2ccccc2)C1. The molecule has 30 heavy (non-hydrogen) atoms. The zero-order valence-corrected chi connectivity index (χ0v) is 18.8. The molecule has 1 atom stereocenters. The van der Waals surface area contributed by atoms with Gasteiger partial charge in [0.15, 0.2) is 4.32 Å². The molecule has 0 spiro atoms. The number of rotatable bonds is 4. The van der Waals surface area contributed by atoms with Crippen LogP contribution in [0.25, 0.3) is 6.08 Å². The molecule has 2 heterocycles. The summed E-state index contributed by atoms with van der Waals surface area (Å²) in [4.78, 5) is 39.8. The summed E-state index contributed by atoms with van der Waals surface area (Å²) in [5.74, 6) is -1.46. The topological polar surface area (TPSA) is 69.7 Å². The van der Waals surface area contributed by atoms with Crippen LogP contribution < -0.4 is 10.3 Å². The van der Waals surface area contributed by atoms with Crippen LogP contribution in [0, 0.1) is 5.92 Å². The molecule has 152 valence electrons. The highest BCUT2D eigenvalue weighted by molar-refractivity contribution is 9.10. The number of amides is 3. The molecule has 2 saturated heterocycles. The lowest BCUT2D eigenvalue weighted by atomic mass is 10.1. The Labute approximate surface area is 191 Å². The number of thiocarbonyl (C=S) groups is 1. The molecule has 0 saturated carbocycles. The predicted octanol–water partition coefficient (Wildman–Crippen LogP) is 3.73. The van der Waals surface area contributed by atoms with Crippen molar-refractivity contribution < 1.29 is 14.4 Å². The quantitative estimate of drug-likeness (QED) is 0.510. The molecule has 1 unspecified atom stereocenters. The first kappa shape index (κ1) is 20.8. The average molecular weight is 502 g/mol. The monoisotopic (exact) mass is 501 g/mol. The second kappa shape index (κ2) is 8.71. The van der Waals surface area contributed by atoms with Crippen molar-refractivity contribution in [1.82, 2.24) is 10.4 Å². The molecule has 0 radical (unpaired) electrons. The van der Waals surface area contributed by atoms with Crippen molar-refractivity contribution in [2.75, 3.05) is 11.4 Å². The number of halogens is 1. The number of carbonyl (C=O) groups excluding carboxylic acids is 3. The van der Waals surface area contributed by atoms with E-state index >= 15 is 0 Å². The van der Waals surface area contributed by atoms with E-state index in [1.54, 1.807) is 11.0 Å². The molecule has 1 N–H and O–H groups in total. The van der Waals surface area contributed by atoms with Crippen LogP contribution in [0.15, 0.2) is 64.0 Å². The van der Waals surface area contributed by atoms with Crippen LogP contribution in [0.2, 0.25) is 0 Å². The number of benzene rings is 2. The van der Waals surface area contributed by atoms with Crippen LogP contribution >= 0.6 is 39.9 Å². The van der Waals surface area contributed by atoms with E-state index in [9.17, 15) is 14.4 Å².